The quantitative estimate of drug-likeness (QED) is 0.156. The van der Waals surface area contributed by atoms with E-state index in [9.17, 15) is 0 Å². The number of alkyl halides is 1. The van der Waals surface area contributed by atoms with Crippen LogP contribution in [0.15, 0.2) is 53.0 Å². The molecule has 138 valence electrons. The van der Waals surface area contributed by atoms with E-state index in [1.165, 1.54) is 82.9 Å². The largest absolute Gasteiger partial charge is 0.0928 e. The molecule has 0 atom stereocenters. The zero-order valence-corrected chi connectivity index (χ0v) is 18.6. The Bertz CT molecular complexity index is 838. The zero-order chi connectivity index (χ0) is 18.2. The van der Waals surface area contributed by atoms with Crippen molar-refractivity contribution >= 4 is 53.4 Å². The number of hydrogen-bond donors (Lipinski definition) is 0. The molecule has 0 fully saturated rings. The molecule has 0 radical (unpaired) electrons. The van der Waals surface area contributed by atoms with Gasteiger partial charge in [0.1, 0.15) is 0 Å². The standard InChI is InChI=1S/C24H28Br2/c25-18-12-6-4-2-1-3-5-7-16-22-20-14-9-8-13-19(20)21-15-10-11-17-23(21)24(22)26/h8-11,13-15,17H,1-7,12,16,18H2. The summed E-state index contributed by atoms with van der Waals surface area (Å²) < 4.78 is 1.29. The van der Waals surface area contributed by atoms with Crippen molar-refractivity contribution in [2.45, 2.75) is 57.8 Å². The van der Waals surface area contributed by atoms with Gasteiger partial charge in [0.2, 0.25) is 0 Å². The molecule has 2 heteroatoms. The van der Waals surface area contributed by atoms with Crippen LogP contribution in [0.5, 0.6) is 0 Å². The van der Waals surface area contributed by atoms with E-state index in [0.717, 1.165) is 11.8 Å². The Morgan fingerprint density at radius 1 is 0.538 bits per heavy atom. The molecular weight excluding hydrogens is 448 g/mol. The highest BCUT2D eigenvalue weighted by Gasteiger charge is 2.11. The molecule has 0 amide bonds. The van der Waals surface area contributed by atoms with Crippen molar-refractivity contribution in [1.82, 2.24) is 0 Å². The fourth-order valence-corrected chi connectivity index (χ4v) is 5.03. The average Bonchev–Trinajstić information content (AvgIpc) is 2.69. The lowest BCUT2D eigenvalue weighted by atomic mass is 9.94. The highest BCUT2D eigenvalue weighted by molar-refractivity contribution is 9.10. The van der Waals surface area contributed by atoms with Crippen LogP contribution >= 0.6 is 31.9 Å². The first-order valence-electron chi connectivity index (χ1n) is 9.96. The van der Waals surface area contributed by atoms with E-state index < -0.39 is 0 Å². The molecule has 0 N–H and O–H groups in total. The number of benzene rings is 3. The van der Waals surface area contributed by atoms with E-state index in [1.807, 2.05) is 0 Å². The SMILES string of the molecule is BrCCCCCCCCCCc1c(Br)c2ccccc2c2ccccc12. The summed E-state index contributed by atoms with van der Waals surface area (Å²) in [4.78, 5) is 0. The molecule has 0 unspecified atom stereocenters. The molecule has 0 aliphatic heterocycles. The Balaban J connectivity index is 1.63. The van der Waals surface area contributed by atoms with Crippen LogP contribution in [0.2, 0.25) is 0 Å². The van der Waals surface area contributed by atoms with Gasteiger partial charge in [0.15, 0.2) is 0 Å². The van der Waals surface area contributed by atoms with Crippen LogP contribution in [-0.2, 0) is 6.42 Å². The molecule has 0 saturated carbocycles. The summed E-state index contributed by atoms with van der Waals surface area (Å²) in [6.07, 6.45) is 12.0. The topological polar surface area (TPSA) is 0 Å². The highest BCUT2D eigenvalue weighted by Crippen LogP contribution is 2.37. The average molecular weight is 476 g/mol. The minimum Gasteiger partial charge on any atom is -0.0928 e. The first-order valence-corrected chi connectivity index (χ1v) is 11.9. The molecule has 0 saturated heterocycles. The maximum atomic E-state index is 3.92. The van der Waals surface area contributed by atoms with Crippen molar-refractivity contribution in [2.75, 3.05) is 5.33 Å². The van der Waals surface area contributed by atoms with Crippen molar-refractivity contribution in [3.8, 4) is 0 Å². The number of aryl methyl sites for hydroxylation is 1. The second-order valence-corrected chi connectivity index (χ2v) is 8.74. The maximum Gasteiger partial charge on any atom is 0.0292 e. The Labute approximate surface area is 174 Å². The van der Waals surface area contributed by atoms with Crippen LogP contribution in [0.25, 0.3) is 21.5 Å². The molecule has 0 bridgehead atoms. The second-order valence-electron chi connectivity index (χ2n) is 7.15. The van der Waals surface area contributed by atoms with Crippen LogP contribution in [0, 0.1) is 0 Å². The second kappa shape index (κ2) is 10.5. The third kappa shape index (κ3) is 4.89. The number of rotatable bonds is 10. The highest BCUT2D eigenvalue weighted by atomic mass is 79.9. The Morgan fingerprint density at radius 3 is 1.62 bits per heavy atom. The van der Waals surface area contributed by atoms with Gasteiger partial charge in [-0.3, -0.25) is 0 Å². The predicted octanol–water partition coefficient (Wildman–Crippen LogP) is 8.81. The lowest BCUT2D eigenvalue weighted by Crippen LogP contribution is -1.93. The molecule has 0 aliphatic rings. The maximum absolute atomic E-state index is 3.92. The summed E-state index contributed by atoms with van der Waals surface area (Å²) >= 11 is 7.43. The first-order chi connectivity index (χ1) is 12.8. The van der Waals surface area contributed by atoms with Gasteiger partial charge in [0.05, 0.1) is 0 Å². The predicted molar refractivity (Wildman–Crippen MR) is 124 cm³/mol. The molecule has 3 aromatic rings. The monoisotopic (exact) mass is 474 g/mol. The fourth-order valence-electron chi connectivity index (χ4n) is 3.87. The molecular formula is C24H28Br2. The van der Waals surface area contributed by atoms with Crippen LogP contribution in [0.3, 0.4) is 0 Å². The van der Waals surface area contributed by atoms with E-state index in [1.54, 1.807) is 0 Å². The van der Waals surface area contributed by atoms with Crippen molar-refractivity contribution in [1.29, 1.82) is 0 Å². The normalized spacial score (nSPS) is 11.5. The minimum atomic E-state index is 1.15. The van der Waals surface area contributed by atoms with Crippen molar-refractivity contribution in [2.24, 2.45) is 0 Å². The Hall–Kier alpha value is -0.860. The third-order valence-electron chi connectivity index (χ3n) is 5.28. The summed E-state index contributed by atoms with van der Waals surface area (Å²) in [5.74, 6) is 0. The molecule has 0 aliphatic carbocycles. The van der Waals surface area contributed by atoms with Gasteiger partial charge >= 0.3 is 0 Å². The van der Waals surface area contributed by atoms with E-state index in [4.69, 9.17) is 0 Å². The fraction of sp³-hybridized carbons (Fsp3) is 0.417. The van der Waals surface area contributed by atoms with Crippen molar-refractivity contribution in [3.05, 3.63) is 58.6 Å². The number of halogens is 2. The Morgan fingerprint density at radius 2 is 1.00 bits per heavy atom. The molecule has 3 aromatic carbocycles. The van der Waals surface area contributed by atoms with Crippen molar-refractivity contribution in [3.63, 3.8) is 0 Å². The van der Waals surface area contributed by atoms with E-state index in [0.29, 0.717) is 0 Å². The molecule has 0 heterocycles. The summed E-state index contributed by atoms with van der Waals surface area (Å²) in [5.41, 5.74) is 1.48. The zero-order valence-electron chi connectivity index (χ0n) is 15.4. The first kappa shape index (κ1) is 19.9. The Kier molecular flexibility index (Phi) is 8.01. The smallest absolute Gasteiger partial charge is 0.0292 e. The number of fused-ring (bicyclic) bond motifs is 3. The lowest BCUT2D eigenvalue weighted by Gasteiger charge is -2.14. The summed E-state index contributed by atoms with van der Waals surface area (Å²) in [6.45, 7) is 0. The van der Waals surface area contributed by atoms with Crippen molar-refractivity contribution < 1.29 is 0 Å². The van der Waals surface area contributed by atoms with Crippen LogP contribution in [0.1, 0.15) is 56.9 Å². The number of unbranched alkanes of at least 4 members (excludes halogenated alkanes) is 7. The summed E-state index contributed by atoms with van der Waals surface area (Å²) in [7, 11) is 0. The molecule has 0 nitrogen and oxygen atoms in total. The molecule has 0 spiro atoms. The van der Waals surface area contributed by atoms with Crippen LogP contribution in [0.4, 0.5) is 0 Å². The van der Waals surface area contributed by atoms with Crippen LogP contribution < -0.4 is 0 Å². The van der Waals surface area contributed by atoms with Gasteiger partial charge in [-0.15, -0.1) is 0 Å². The number of hydrogen-bond acceptors (Lipinski definition) is 0. The van der Waals surface area contributed by atoms with Gasteiger partial charge < -0.3 is 0 Å². The van der Waals surface area contributed by atoms with E-state index in [-0.39, 0.29) is 0 Å². The molecule has 0 aromatic heterocycles. The molecule has 3 rings (SSSR count). The van der Waals surface area contributed by atoms with Gasteiger partial charge in [0, 0.05) is 9.80 Å². The summed E-state index contributed by atoms with van der Waals surface area (Å²) in [6, 6.07) is 17.6. The van der Waals surface area contributed by atoms with Crippen LogP contribution in [-0.4, -0.2) is 5.33 Å². The summed E-state index contributed by atoms with van der Waals surface area (Å²) in [5, 5.41) is 6.64. The van der Waals surface area contributed by atoms with E-state index >= 15 is 0 Å². The van der Waals surface area contributed by atoms with Gasteiger partial charge in [-0.25, -0.2) is 0 Å². The molecule has 26 heavy (non-hydrogen) atoms. The van der Waals surface area contributed by atoms with Gasteiger partial charge in [-0.2, -0.15) is 0 Å². The van der Waals surface area contributed by atoms with Gasteiger partial charge in [-0.05, 0) is 62.3 Å². The lowest BCUT2D eigenvalue weighted by molar-refractivity contribution is 0.577. The third-order valence-corrected chi connectivity index (χ3v) is 6.75. The van der Waals surface area contributed by atoms with Gasteiger partial charge in [-0.1, -0.05) is 103 Å². The minimum absolute atomic E-state index is 1.15. The van der Waals surface area contributed by atoms with E-state index in [2.05, 4.69) is 80.4 Å². The van der Waals surface area contributed by atoms with Gasteiger partial charge in [0.25, 0.3) is 0 Å².